The van der Waals surface area contributed by atoms with Gasteiger partial charge >= 0.3 is 5.97 Å². The number of carboxylic acid groups (broad SMARTS) is 1. The molecule has 0 fully saturated rings. The fraction of sp³-hybridized carbons (Fsp3) is 0.500. The highest BCUT2D eigenvalue weighted by Gasteiger charge is 2.30. The summed E-state index contributed by atoms with van der Waals surface area (Å²) < 4.78 is 19.2. The molecule has 1 unspecified atom stereocenters. The van der Waals surface area contributed by atoms with Crippen LogP contribution >= 0.6 is 22.6 Å². The molecule has 0 aliphatic heterocycles. The van der Waals surface area contributed by atoms with Gasteiger partial charge in [-0.05, 0) is 53.6 Å². The molecule has 3 N–H and O–H groups in total. The molecular weight excluding hydrogens is 508 g/mol. The number of carbonyl (C=O) groups excluding carboxylic acids is 3. The number of rotatable bonds is 12. The minimum absolute atomic E-state index is 0.0371. The van der Waals surface area contributed by atoms with Gasteiger partial charge in [0.2, 0.25) is 11.8 Å². The van der Waals surface area contributed by atoms with Crippen LogP contribution in [0.2, 0.25) is 0 Å². The number of hydrogen-bond donors (Lipinski definition) is 3. The Balaban J connectivity index is 2.92. The van der Waals surface area contributed by atoms with Crippen molar-refractivity contribution >= 4 is 46.2 Å². The van der Waals surface area contributed by atoms with Gasteiger partial charge in [-0.3, -0.25) is 19.2 Å². The SMILES string of the molecule is CCOc1ccc([125I])cc1CC(=O)N[C@H](C(=O)NC(CC(=O)O)C(=O)CF)C(C)C. The summed E-state index contributed by atoms with van der Waals surface area (Å²) in [7, 11) is 0. The Morgan fingerprint density at radius 1 is 1.20 bits per heavy atom. The molecule has 2 amide bonds. The van der Waals surface area contributed by atoms with E-state index in [-0.39, 0.29) is 12.3 Å². The van der Waals surface area contributed by atoms with Gasteiger partial charge in [0.25, 0.3) is 0 Å². The van der Waals surface area contributed by atoms with Gasteiger partial charge < -0.3 is 20.5 Å². The lowest BCUT2D eigenvalue weighted by Crippen LogP contribution is -2.54. The first-order valence-corrected chi connectivity index (χ1v) is 10.5. The number of ketones is 1. The predicted octanol–water partition coefficient (Wildman–Crippen LogP) is 1.87. The van der Waals surface area contributed by atoms with Crippen LogP contribution in [0.5, 0.6) is 5.75 Å². The van der Waals surface area contributed by atoms with E-state index in [1.54, 1.807) is 26.0 Å². The first-order valence-electron chi connectivity index (χ1n) is 9.40. The van der Waals surface area contributed by atoms with Gasteiger partial charge in [-0.15, -0.1) is 0 Å². The molecule has 1 aromatic carbocycles. The normalized spacial score (nSPS) is 12.7. The Morgan fingerprint density at radius 3 is 2.40 bits per heavy atom. The average Bonchev–Trinajstić information content (AvgIpc) is 2.66. The van der Waals surface area contributed by atoms with E-state index in [9.17, 15) is 23.6 Å². The van der Waals surface area contributed by atoms with Crippen LogP contribution in [-0.4, -0.2) is 54.0 Å². The fourth-order valence-electron chi connectivity index (χ4n) is 2.69. The first kappa shape index (κ1) is 25.8. The molecule has 0 aliphatic carbocycles. The number of benzene rings is 1. The Morgan fingerprint density at radius 2 is 1.87 bits per heavy atom. The molecule has 1 aromatic rings. The van der Waals surface area contributed by atoms with Crippen molar-refractivity contribution in [2.45, 2.75) is 45.7 Å². The van der Waals surface area contributed by atoms with Crippen molar-refractivity contribution in [1.82, 2.24) is 10.6 Å². The zero-order valence-corrected chi connectivity index (χ0v) is 19.2. The van der Waals surface area contributed by atoms with Gasteiger partial charge in [-0.1, -0.05) is 13.8 Å². The highest BCUT2D eigenvalue weighted by Crippen LogP contribution is 2.22. The molecule has 0 aliphatic rings. The summed E-state index contributed by atoms with van der Waals surface area (Å²) in [5.41, 5.74) is 0.653. The van der Waals surface area contributed by atoms with Crippen LogP contribution in [-0.2, 0) is 25.6 Å². The number of alkyl halides is 1. The van der Waals surface area contributed by atoms with Gasteiger partial charge in [0.15, 0.2) is 5.78 Å². The van der Waals surface area contributed by atoms with Gasteiger partial charge in [0.1, 0.15) is 24.5 Å². The molecule has 0 radical (unpaired) electrons. The van der Waals surface area contributed by atoms with Crippen LogP contribution in [0, 0.1) is 9.49 Å². The third kappa shape index (κ3) is 8.25. The van der Waals surface area contributed by atoms with E-state index in [2.05, 4.69) is 33.2 Å². The summed E-state index contributed by atoms with van der Waals surface area (Å²) in [5, 5.41) is 13.7. The predicted molar refractivity (Wildman–Crippen MR) is 116 cm³/mol. The number of aliphatic carboxylic acids is 1. The summed E-state index contributed by atoms with van der Waals surface area (Å²) >= 11 is 2.11. The maximum Gasteiger partial charge on any atom is 0.305 e. The van der Waals surface area contributed by atoms with Crippen LogP contribution in [0.3, 0.4) is 0 Å². The van der Waals surface area contributed by atoms with E-state index in [4.69, 9.17) is 9.84 Å². The zero-order chi connectivity index (χ0) is 22.8. The first-order chi connectivity index (χ1) is 14.1. The highest BCUT2D eigenvalue weighted by molar-refractivity contribution is 14.1. The second-order valence-electron chi connectivity index (χ2n) is 6.91. The third-order valence-electron chi connectivity index (χ3n) is 4.15. The van der Waals surface area contributed by atoms with Crippen LogP contribution in [0.1, 0.15) is 32.8 Å². The van der Waals surface area contributed by atoms with Crippen LogP contribution in [0.4, 0.5) is 4.39 Å². The molecule has 0 saturated carbocycles. The summed E-state index contributed by atoms with van der Waals surface area (Å²) in [4.78, 5) is 47.7. The standard InChI is InChI=1S/C20H26FIN2O6/c1-4-30-16-6-5-13(22)7-12(16)8-17(26)24-19(11(2)3)20(29)23-14(9-18(27)28)15(25)10-21/h5-7,11,14,19H,4,8-10H2,1-3H3,(H,23,29)(H,24,26)(H,27,28)/t14?,19-/m0/s1/i22-2. The minimum atomic E-state index is -1.50. The van der Waals surface area contributed by atoms with Crippen molar-refractivity contribution in [3.05, 3.63) is 27.3 Å². The maximum absolute atomic E-state index is 12.7. The molecule has 2 atom stereocenters. The Labute approximate surface area is 188 Å². The number of ether oxygens (including phenoxy) is 1. The molecule has 0 saturated heterocycles. The van der Waals surface area contributed by atoms with E-state index in [1.165, 1.54) is 0 Å². The van der Waals surface area contributed by atoms with Crippen LogP contribution in [0.25, 0.3) is 0 Å². The Bertz CT molecular complexity index is 787. The smallest absolute Gasteiger partial charge is 0.305 e. The summed E-state index contributed by atoms with van der Waals surface area (Å²) in [6.07, 6.45) is -0.780. The zero-order valence-electron chi connectivity index (χ0n) is 17.0. The summed E-state index contributed by atoms with van der Waals surface area (Å²) in [6, 6.07) is 2.89. The van der Waals surface area contributed by atoms with Gasteiger partial charge in [-0.2, -0.15) is 0 Å². The van der Waals surface area contributed by atoms with Crippen molar-refractivity contribution in [3.8, 4) is 5.75 Å². The second-order valence-corrected chi connectivity index (χ2v) is 8.16. The molecule has 1 rings (SSSR count). The van der Waals surface area contributed by atoms with E-state index in [0.29, 0.717) is 17.9 Å². The molecular formula is C20H26FIN2O6. The van der Waals surface area contributed by atoms with Crippen molar-refractivity contribution in [3.63, 3.8) is 0 Å². The van der Waals surface area contributed by atoms with Crippen molar-refractivity contribution < 1.29 is 33.4 Å². The van der Waals surface area contributed by atoms with Crippen molar-refractivity contribution in [1.29, 1.82) is 0 Å². The van der Waals surface area contributed by atoms with E-state index in [0.717, 1.165) is 3.57 Å². The maximum atomic E-state index is 12.7. The quantitative estimate of drug-likeness (QED) is 0.352. The van der Waals surface area contributed by atoms with Gasteiger partial charge in [0, 0.05) is 9.13 Å². The average molecular weight is 534 g/mol. The monoisotopic (exact) mass is 534 g/mol. The topological polar surface area (TPSA) is 122 Å². The number of carbonyl (C=O) groups is 4. The number of Topliss-reactive ketones (excluding diaryl/α,β-unsaturated/α-hetero) is 1. The van der Waals surface area contributed by atoms with Crippen LogP contribution < -0.4 is 15.4 Å². The largest absolute Gasteiger partial charge is 0.494 e. The van der Waals surface area contributed by atoms with Crippen molar-refractivity contribution in [2.75, 3.05) is 13.3 Å². The lowest BCUT2D eigenvalue weighted by Gasteiger charge is -2.24. The summed E-state index contributed by atoms with van der Waals surface area (Å²) in [6.45, 7) is 4.23. The molecule has 0 heterocycles. The third-order valence-corrected chi connectivity index (χ3v) is 4.83. The van der Waals surface area contributed by atoms with E-state index in [1.807, 2.05) is 13.0 Å². The summed E-state index contributed by atoms with van der Waals surface area (Å²) in [5.74, 6) is -3.39. The number of hydrogen-bond acceptors (Lipinski definition) is 5. The van der Waals surface area contributed by atoms with E-state index >= 15 is 0 Å². The fourth-order valence-corrected chi connectivity index (χ4v) is 3.25. The van der Waals surface area contributed by atoms with Gasteiger partial charge in [0.05, 0.1) is 19.4 Å². The molecule has 0 spiro atoms. The second kappa shape index (κ2) is 12.5. The molecule has 8 nitrogen and oxygen atoms in total. The lowest BCUT2D eigenvalue weighted by molar-refractivity contribution is -0.140. The highest BCUT2D eigenvalue weighted by atomic mass is 125. The minimum Gasteiger partial charge on any atom is -0.494 e. The molecule has 30 heavy (non-hydrogen) atoms. The number of nitrogens with one attached hydrogen (secondary N) is 2. The Kier molecular flexibility index (Phi) is 10.7. The lowest BCUT2D eigenvalue weighted by atomic mass is 10.0. The molecule has 0 aromatic heterocycles. The molecule has 0 bridgehead atoms. The van der Waals surface area contributed by atoms with Gasteiger partial charge in [-0.25, -0.2) is 4.39 Å². The number of halogens is 2. The number of carboxylic acids is 1. The molecule has 166 valence electrons. The van der Waals surface area contributed by atoms with Crippen molar-refractivity contribution in [2.24, 2.45) is 5.92 Å². The Hall–Kier alpha value is -2.24. The molecule has 10 heteroatoms. The van der Waals surface area contributed by atoms with E-state index < -0.39 is 48.7 Å². The number of amides is 2. The van der Waals surface area contributed by atoms with Crippen LogP contribution in [0.15, 0.2) is 18.2 Å².